The van der Waals surface area contributed by atoms with Crippen molar-refractivity contribution >= 4 is 48.2 Å². The Kier molecular flexibility index (Phi) is 8.76. The van der Waals surface area contributed by atoms with Crippen LogP contribution in [0.1, 0.15) is 20.8 Å². The van der Waals surface area contributed by atoms with Crippen LogP contribution in [0.4, 0.5) is 0 Å². The molecule has 0 aromatic heterocycles. The minimum atomic E-state index is -1.43. The SMILES string of the molecule is CCO[Si](C)(C)SSSSC(C)C. The molecule has 13 heavy (non-hydrogen) atoms. The maximum absolute atomic E-state index is 5.69. The lowest BCUT2D eigenvalue weighted by molar-refractivity contribution is 0.345. The van der Waals surface area contributed by atoms with E-state index in [1.165, 1.54) is 0 Å². The van der Waals surface area contributed by atoms with E-state index in [1.54, 1.807) is 0 Å². The standard InChI is InChI=1S/C7H18OS4Si/c1-6-8-13(4,5)12-11-10-9-7(2)3/h7H,6H2,1-5H3. The molecule has 0 rings (SSSR count). The topological polar surface area (TPSA) is 9.23 Å². The molecule has 0 aromatic rings. The Morgan fingerprint density at radius 1 is 1.23 bits per heavy atom. The summed E-state index contributed by atoms with van der Waals surface area (Å²) in [6.07, 6.45) is 0. The minimum Gasteiger partial charge on any atom is -0.407 e. The highest BCUT2D eigenvalue weighted by atomic mass is 33.7. The first-order valence-corrected chi connectivity index (χ1v) is 12.8. The lowest BCUT2D eigenvalue weighted by Crippen LogP contribution is -2.24. The first-order valence-electron chi connectivity index (χ1n) is 4.29. The Labute approximate surface area is 97.9 Å². The molecule has 0 unspecified atom stereocenters. The van der Waals surface area contributed by atoms with E-state index in [1.807, 2.05) is 40.7 Å². The third-order valence-corrected chi connectivity index (χ3v) is 15.0. The van der Waals surface area contributed by atoms with Crippen LogP contribution in [0.3, 0.4) is 0 Å². The summed E-state index contributed by atoms with van der Waals surface area (Å²) in [5, 5.41) is 0.704. The molecule has 80 valence electrons. The second-order valence-corrected chi connectivity index (χ2v) is 16.7. The van der Waals surface area contributed by atoms with Crippen LogP contribution in [0, 0.1) is 0 Å². The summed E-state index contributed by atoms with van der Waals surface area (Å²) in [6.45, 7) is 11.8. The van der Waals surface area contributed by atoms with Gasteiger partial charge in [0.15, 0.2) is 0 Å². The normalized spacial score (nSPS) is 12.5. The second kappa shape index (κ2) is 7.82. The highest BCUT2D eigenvalue weighted by Crippen LogP contribution is 2.48. The molecule has 0 heterocycles. The predicted molar refractivity (Wildman–Crippen MR) is 74.6 cm³/mol. The van der Waals surface area contributed by atoms with Crippen molar-refractivity contribution in [2.75, 3.05) is 6.61 Å². The number of hydrogen-bond donors (Lipinski definition) is 0. The largest absolute Gasteiger partial charge is 0.407 e. The van der Waals surface area contributed by atoms with Crippen molar-refractivity contribution in [3.63, 3.8) is 0 Å². The Balaban J connectivity index is 3.40. The number of rotatable bonds is 7. The van der Waals surface area contributed by atoms with Gasteiger partial charge < -0.3 is 4.43 Å². The summed E-state index contributed by atoms with van der Waals surface area (Å²) in [6, 6.07) is 0. The monoisotopic (exact) mass is 274 g/mol. The fourth-order valence-electron chi connectivity index (χ4n) is 0.562. The van der Waals surface area contributed by atoms with E-state index in [0.717, 1.165) is 6.61 Å². The van der Waals surface area contributed by atoms with E-state index >= 15 is 0 Å². The average Bonchev–Trinajstić information content (AvgIpc) is 1.98. The quantitative estimate of drug-likeness (QED) is 0.373. The van der Waals surface area contributed by atoms with Gasteiger partial charge >= 0.3 is 0 Å². The molecule has 0 radical (unpaired) electrons. The van der Waals surface area contributed by atoms with Gasteiger partial charge in [0.05, 0.1) is 0 Å². The molecule has 0 N–H and O–H groups in total. The van der Waals surface area contributed by atoms with Gasteiger partial charge in [-0.05, 0) is 39.7 Å². The Hall–Kier alpha value is 1.58. The first-order chi connectivity index (χ1) is 5.98. The molecule has 0 aliphatic heterocycles. The zero-order chi connectivity index (χ0) is 10.3. The smallest absolute Gasteiger partial charge is 0.259 e. The van der Waals surface area contributed by atoms with Crippen LogP contribution in [-0.4, -0.2) is 19.3 Å². The van der Waals surface area contributed by atoms with Gasteiger partial charge in [0.2, 0.25) is 0 Å². The average molecular weight is 275 g/mol. The first kappa shape index (κ1) is 14.6. The van der Waals surface area contributed by atoms with Crippen LogP contribution < -0.4 is 0 Å². The maximum Gasteiger partial charge on any atom is 0.259 e. The van der Waals surface area contributed by atoms with Crippen LogP contribution in [0.25, 0.3) is 0 Å². The van der Waals surface area contributed by atoms with Gasteiger partial charge in [-0.25, -0.2) is 0 Å². The molecule has 0 fully saturated rings. The minimum absolute atomic E-state index is 0.704. The van der Waals surface area contributed by atoms with Gasteiger partial charge in [0.25, 0.3) is 7.47 Å². The van der Waals surface area contributed by atoms with E-state index in [0.29, 0.717) is 5.25 Å². The predicted octanol–water partition coefficient (Wildman–Crippen LogP) is 4.81. The summed E-state index contributed by atoms with van der Waals surface area (Å²) in [4.78, 5) is 0. The van der Waals surface area contributed by atoms with Crippen LogP contribution in [0.2, 0.25) is 13.1 Å². The summed E-state index contributed by atoms with van der Waals surface area (Å²) in [5.74, 6) is 0. The third kappa shape index (κ3) is 9.87. The molecule has 0 bridgehead atoms. The zero-order valence-corrected chi connectivity index (χ0v) is 13.1. The molecule has 0 aliphatic rings. The van der Waals surface area contributed by atoms with E-state index in [4.69, 9.17) is 4.43 Å². The zero-order valence-electron chi connectivity index (χ0n) is 8.83. The van der Waals surface area contributed by atoms with Crippen molar-refractivity contribution in [3.8, 4) is 0 Å². The van der Waals surface area contributed by atoms with E-state index < -0.39 is 7.47 Å². The Bertz CT molecular complexity index is 132. The molecule has 0 atom stereocenters. The summed E-state index contributed by atoms with van der Waals surface area (Å²) >= 11 is 0. The lowest BCUT2D eigenvalue weighted by Gasteiger charge is -2.19. The van der Waals surface area contributed by atoms with Gasteiger partial charge in [-0.1, -0.05) is 34.9 Å². The van der Waals surface area contributed by atoms with Crippen molar-refractivity contribution < 1.29 is 4.43 Å². The van der Waals surface area contributed by atoms with Crippen molar-refractivity contribution in [1.29, 1.82) is 0 Å². The maximum atomic E-state index is 5.69. The summed E-state index contributed by atoms with van der Waals surface area (Å²) < 4.78 is 5.69. The van der Waals surface area contributed by atoms with E-state index in [2.05, 4.69) is 33.9 Å². The van der Waals surface area contributed by atoms with Crippen molar-refractivity contribution in [2.24, 2.45) is 0 Å². The molecule has 0 saturated heterocycles. The fraction of sp³-hybridized carbons (Fsp3) is 1.00. The lowest BCUT2D eigenvalue weighted by atomic mass is 10.6. The Morgan fingerprint density at radius 2 is 1.85 bits per heavy atom. The van der Waals surface area contributed by atoms with Gasteiger partial charge in [-0.2, -0.15) is 0 Å². The summed E-state index contributed by atoms with van der Waals surface area (Å²) in [7, 11) is 6.13. The van der Waals surface area contributed by atoms with Gasteiger partial charge in [0, 0.05) is 11.9 Å². The van der Waals surface area contributed by atoms with Crippen LogP contribution in [0.5, 0.6) is 0 Å². The van der Waals surface area contributed by atoms with Gasteiger partial charge in [-0.3, -0.25) is 0 Å². The van der Waals surface area contributed by atoms with Crippen LogP contribution in [-0.2, 0) is 4.43 Å². The third-order valence-electron chi connectivity index (χ3n) is 0.986. The van der Waals surface area contributed by atoms with Crippen LogP contribution >= 0.6 is 40.7 Å². The molecule has 6 heteroatoms. The molecule has 0 amide bonds. The molecule has 0 aromatic carbocycles. The Morgan fingerprint density at radius 3 is 2.31 bits per heavy atom. The fourth-order valence-corrected chi connectivity index (χ4v) is 15.5. The van der Waals surface area contributed by atoms with Gasteiger partial charge in [-0.15, -0.1) is 0 Å². The van der Waals surface area contributed by atoms with Crippen molar-refractivity contribution in [2.45, 2.75) is 39.1 Å². The molecule has 0 spiro atoms. The highest BCUT2D eigenvalue weighted by molar-refractivity contribution is 9.29. The molecular formula is C7H18OS4Si. The second-order valence-electron chi connectivity index (χ2n) is 3.20. The van der Waals surface area contributed by atoms with Crippen molar-refractivity contribution in [3.05, 3.63) is 0 Å². The van der Waals surface area contributed by atoms with Gasteiger partial charge in [0.1, 0.15) is 0 Å². The highest BCUT2D eigenvalue weighted by Gasteiger charge is 2.23. The van der Waals surface area contributed by atoms with E-state index in [-0.39, 0.29) is 0 Å². The van der Waals surface area contributed by atoms with Crippen LogP contribution in [0.15, 0.2) is 0 Å². The molecule has 0 aliphatic carbocycles. The molecule has 1 nitrogen and oxygen atoms in total. The van der Waals surface area contributed by atoms with Crippen molar-refractivity contribution in [1.82, 2.24) is 0 Å². The number of hydrogen-bond acceptors (Lipinski definition) is 5. The molecule has 0 saturated carbocycles. The van der Waals surface area contributed by atoms with E-state index in [9.17, 15) is 0 Å². The summed E-state index contributed by atoms with van der Waals surface area (Å²) in [5.41, 5.74) is 0. The molecular weight excluding hydrogens is 256 g/mol.